The van der Waals surface area contributed by atoms with E-state index in [9.17, 15) is 5.11 Å². The molecule has 1 aromatic carbocycles. The molecule has 1 aliphatic heterocycles. The first kappa shape index (κ1) is 10.7. The first-order chi connectivity index (χ1) is 8.34. The minimum Gasteiger partial charge on any atom is -0.507 e. The van der Waals surface area contributed by atoms with Crippen LogP contribution in [0.2, 0.25) is 0 Å². The highest BCUT2D eigenvalue weighted by Gasteiger charge is 2.16. The van der Waals surface area contributed by atoms with E-state index in [0.717, 1.165) is 36.0 Å². The molecule has 0 spiro atoms. The normalized spacial score (nSPS) is 17.6. The summed E-state index contributed by atoms with van der Waals surface area (Å²) in [6.07, 6.45) is 5.29. The number of H-pyrrole nitrogens is 1. The van der Waals surface area contributed by atoms with Gasteiger partial charge in [-0.2, -0.15) is 0 Å². The Hall–Kier alpha value is -1.48. The van der Waals surface area contributed by atoms with Gasteiger partial charge >= 0.3 is 0 Å². The number of aromatic nitrogens is 1. The molecule has 0 atom stereocenters. The van der Waals surface area contributed by atoms with Gasteiger partial charge in [0.25, 0.3) is 0 Å². The third kappa shape index (κ3) is 2.03. The van der Waals surface area contributed by atoms with Crippen molar-refractivity contribution in [1.82, 2.24) is 10.3 Å². The smallest absolute Gasteiger partial charge is 0.128 e. The van der Waals surface area contributed by atoms with E-state index in [2.05, 4.69) is 22.4 Å². The predicted molar refractivity (Wildman–Crippen MR) is 69.3 cm³/mol. The van der Waals surface area contributed by atoms with Crippen LogP contribution in [-0.4, -0.2) is 23.2 Å². The van der Waals surface area contributed by atoms with Gasteiger partial charge in [-0.3, -0.25) is 0 Å². The summed E-state index contributed by atoms with van der Waals surface area (Å²) in [6, 6.07) is 6.05. The van der Waals surface area contributed by atoms with Crippen molar-refractivity contribution in [2.24, 2.45) is 5.92 Å². The van der Waals surface area contributed by atoms with Gasteiger partial charge in [-0.25, -0.2) is 0 Å². The molecule has 0 radical (unpaired) electrons. The molecule has 1 fully saturated rings. The summed E-state index contributed by atoms with van der Waals surface area (Å²) in [6.45, 7) is 2.22. The first-order valence-corrected chi connectivity index (χ1v) is 6.33. The van der Waals surface area contributed by atoms with Gasteiger partial charge in [0.1, 0.15) is 5.75 Å². The molecule has 0 bridgehead atoms. The third-order valence-electron chi connectivity index (χ3n) is 3.76. The van der Waals surface area contributed by atoms with Crippen molar-refractivity contribution >= 4 is 10.9 Å². The van der Waals surface area contributed by atoms with E-state index in [1.807, 2.05) is 12.3 Å². The molecule has 3 heteroatoms. The lowest BCUT2D eigenvalue weighted by Crippen LogP contribution is -2.28. The minimum absolute atomic E-state index is 0.460. The maximum atomic E-state index is 10.2. The summed E-state index contributed by atoms with van der Waals surface area (Å²) in [7, 11) is 0. The fraction of sp³-hybridized carbons (Fsp3) is 0.429. The number of rotatable bonds is 2. The second kappa shape index (κ2) is 4.41. The van der Waals surface area contributed by atoms with Crippen LogP contribution in [0.3, 0.4) is 0 Å². The molecule has 1 aromatic heterocycles. The average molecular weight is 230 g/mol. The topological polar surface area (TPSA) is 48.0 Å². The SMILES string of the molecule is Oc1c(CC2CCNCC2)ccc2[nH]ccc12. The van der Waals surface area contributed by atoms with Crippen LogP contribution < -0.4 is 5.32 Å². The number of hydrogen-bond donors (Lipinski definition) is 3. The van der Waals surface area contributed by atoms with E-state index < -0.39 is 0 Å². The number of nitrogens with one attached hydrogen (secondary N) is 2. The standard InChI is InChI=1S/C14H18N2O/c17-14-11(9-10-3-6-15-7-4-10)1-2-13-12(14)5-8-16-13/h1-2,5,8,10,15-17H,3-4,6-7,9H2. The van der Waals surface area contributed by atoms with Crippen molar-refractivity contribution in [3.05, 3.63) is 30.0 Å². The molecule has 2 heterocycles. The fourth-order valence-corrected chi connectivity index (χ4v) is 2.72. The van der Waals surface area contributed by atoms with E-state index in [1.54, 1.807) is 0 Å². The van der Waals surface area contributed by atoms with Crippen molar-refractivity contribution < 1.29 is 5.11 Å². The van der Waals surface area contributed by atoms with Gasteiger partial charge in [0, 0.05) is 17.1 Å². The molecule has 2 aromatic rings. The summed E-state index contributed by atoms with van der Waals surface area (Å²) in [5.74, 6) is 1.17. The molecule has 90 valence electrons. The number of phenolic OH excluding ortho intramolecular Hbond substituents is 1. The second-order valence-electron chi connectivity index (χ2n) is 4.91. The number of phenols is 1. The fourth-order valence-electron chi connectivity index (χ4n) is 2.72. The van der Waals surface area contributed by atoms with Crippen LogP contribution in [0.5, 0.6) is 5.75 Å². The summed E-state index contributed by atoms with van der Waals surface area (Å²) in [5.41, 5.74) is 2.10. The van der Waals surface area contributed by atoms with Gasteiger partial charge < -0.3 is 15.4 Å². The largest absolute Gasteiger partial charge is 0.507 e. The van der Waals surface area contributed by atoms with Gasteiger partial charge in [-0.05, 0) is 56.0 Å². The first-order valence-electron chi connectivity index (χ1n) is 6.33. The molecule has 0 unspecified atom stereocenters. The van der Waals surface area contributed by atoms with Gasteiger partial charge in [0.05, 0.1) is 0 Å². The van der Waals surface area contributed by atoms with E-state index >= 15 is 0 Å². The van der Waals surface area contributed by atoms with Crippen molar-refractivity contribution in [2.45, 2.75) is 19.3 Å². The molecule has 3 N–H and O–H groups in total. The lowest BCUT2D eigenvalue weighted by Gasteiger charge is -2.22. The molecule has 3 rings (SSSR count). The van der Waals surface area contributed by atoms with Gasteiger partial charge in [0.15, 0.2) is 0 Å². The molecule has 3 nitrogen and oxygen atoms in total. The monoisotopic (exact) mass is 230 g/mol. The van der Waals surface area contributed by atoms with Crippen LogP contribution >= 0.6 is 0 Å². The summed E-state index contributed by atoms with van der Waals surface area (Å²) in [4.78, 5) is 3.12. The Morgan fingerprint density at radius 3 is 2.82 bits per heavy atom. The molecule has 0 amide bonds. The van der Waals surface area contributed by atoms with Crippen molar-refractivity contribution in [3.8, 4) is 5.75 Å². The number of benzene rings is 1. The van der Waals surface area contributed by atoms with Crippen LogP contribution in [0, 0.1) is 5.92 Å². The highest BCUT2D eigenvalue weighted by Crippen LogP contribution is 2.31. The van der Waals surface area contributed by atoms with E-state index in [0.29, 0.717) is 11.7 Å². The van der Waals surface area contributed by atoms with Crippen molar-refractivity contribution in [2.75, 3.05) is 13.1 Å². The molecule has 0 aliphatic carbocycles. The minimum atomic E-state index is 0.460. The van der Waals surface area contributed by atoms with E-state index in [1.165, 1.54) is 12.8 Å². The zero-order chi connectivity index (χ0) is 11.7. The zero-order valence-electron chi connectivity index (χ0n) is 9.87. The summed E-state index contributed by atoms with van der Waals surface area (Å²) < 4.78 is 0. The lowest BCUT2D eigenvalue weighted by molar-refractivity contribution is 0.367. The Morgan fingerprint density at radius 1 is 1.18 bits per heavy atom. The van der Waals surface area contributed by atoms with Crippen LogP contribution in [0.25, 0.3) is 10.9 Å². The van der Waals surface area contributed by atoms with E-state index in [-0.39, 0.29) is 0 Å². The Kier molecular flexibility index (Phi) is 2.77. The molecule has 1 aliphatic rings. The van der Waals surface area contributed by atoms with Crippen LogP contribution in [0.1, 0.15) is 18.4 Å². The van der Waals surface area contributed by atoms with Gasteiger partial charge in [-0.1, -0.05) is 6.07 Å². The number of fused-ring (bicyclic) bond motifs is 1. The maximum absolute atomic E-state index is 10.2. The third-order valence-corrected chi connectivity index (χ3v) is 3.76. The number of aromatic hydroxyl groups is 1. The van der Waals surface area contributed by atoms with Crippen LogP contribution in [0.15, 0.2) is 24.4 Å². The van der Waals surface area contributed by atoms with E-state index in [4.69, 9.17) is 0 Å². The molecule has 0 saturated carbocycles. The molecule has 17 heavy (non-hydrogen) atoms. The number of piperidine rings is 1. The van der Waals surface area contributed by atoms with Crippen LogP contribution in [-0.2, 0) is 6.42 Å². The lowest BCUT2D eigenvalue weighted by atomic mass is 9.90. The number of hydrogen-bond acceptors (Lipinski definition) is 2. The van der Waals surface area contributed by atoms with Crippen molar-refractivity contribution in [1.29, 1.82) is 0 Å². The summed E-state index contributed by atoms with van der Waals surface area (Å²) in [5, 5.41) is 14.5. The van der Waals surface area contributed by atoms with Gasteiger partial charge in [0.2, 0.25) is 0 Å². The number of aromatic amines is 1. The Bertz CT molecular complexity index is 512. The predicted octanol–water partition coefficient (Wildman–Crippen LogP) is 2.42. The second-order valence-corrected chi connectivity index (χ2v) is 4.91. The molecule has 1 saturated heterocycles. The quantitative estimate of drug-likeness (QED) is 0.742. The van der Waals surface area contributed by atoms with Crippen LogP contribution in [0.4, 0.5) is 0 Å². The highest BCUT2D eigenvalue weighted by molar-refractivity contribution is 5.86. The van der Waals surface area contributed by atoms with Crippen molar-refractivity contribution in [3.63, 3.8) is 0 Å². The Labute approximate surface area is 101 Å². The molecular weight excluding hydrogens is 212 g/mol. The maximum Gasteiger partial charge on any atom is 0.128 e. The zero-order valence-corrected chi connectivity index (χ0v) is 9.87. The Balaban J connectivity index is 1.86. The molecular formula is C14H18N2O. The highest BCUT2D eigenvalue weighted by atomic mass is 16.3. The van der Waals surface area contributed by atoms with Gasteiger partial charge in [-0.15, -0.1) is 0 Å². The summed E-state index contributed by atoms with van der Waals surface area (Å²) >= 11 is 0. The average Bonchev–Trinajstić information content (AvgIpc) is 2.83. The Morgan fingerprint density at radius 2 is 2.00 bits per heavy atom.